The Balaban J connectivity index is 1.86. The quantitative estimate of drug-likeness (QED) is 0.401. The van der Waals surface area contributed by atoms with E-state index in [-0.39, 0.29) is 17.4 Å². The molecule has 0 saturated carbocycles. The Morgan fingerprint density at radius 2 is 1.87 bits per heavy atom. The summed E-state index contributed by atoms with van der Waals surface area (Å²) in [7, 11) is 1.59. The van der Waals surface area contributed by atoms with Gasteiger partial charge in [-0.25, -0.2) is 0 Å². The molecule has 0 unspecified atom stereocenters. The molecule has 0 saturated heterocycles. The van der Waals surface area contributed by atoms with E-state index in [0.717, 1.165) is 5.69 Å². The fraction of sp³-hybridized carbons (Fsp3) is 0.238. The van der Waals surface area contributed by atoms with Crippen LogP contribution in [0.1, 0.15) is 23.1 Å². The van der Waals surface area contributed by atoms with Gasteiger partial charge in [0, 0.05) is 30.5 Å². The van der Waals surface area contributed by atoms with Gasteiger partial charge in [-0.2, -0.15) is 0 Å². The zero-order valence-corrected chi connectivity index (χ0v) is 18.2. The lowest BCUT2D eigenvalue weighted by Crippen LogP contribution is -2.23. The van der Waals surface area contributed by atoms with Crippen LogP contribution in [0, 0.1) is 0 Å². The van der Waals surface area contributed by atoms with E-state index in [2.05, 4.69) is 15.5 Å². The summed E-state index contributed by atoms with van der Waals surface area (Å²) in [6, 6.07) is 14.3. The third kappa shape index (κ3) is 5.40. The molecule has 7 nitrogen and oxygen atoms in total. The number of nitrogens with zero attached hydrogens (tertiary/aromatic N) is 3. The number of para-hydroxylation sites is 2. The van der Waals surface area contributed by atoms with Crippen LogP contribution in [0.5, 0.6) is 5.75 Å². The van der Waals surface area contributed by atoms with Crippen LogP contribution in [-0.2, 0) is 11.2 Å². The van der Waals surface area contributed by atoms with Crippen molar-refractivity contribution in [2.24, 2.45) is 0 Å². The van der Waals surface area contributed by atoms with Crippen molar-refractivity contribution in [1.82, 2.24) is 20.1 Å². The number of methoxy groups -OCH3 is 1. The summed E-state index contributed by atoms with van der Waals surface area (Å²) < 4.78 is 7.35. The number of rotatable bonds is 9. The SMILES string of the molecule is COc1ccccc1-n1c(CCNC(C)=O)nnc1SCC(=O)c1ccc(Cl)cc1. The maximum absolute atomic E-state index is 12.6. The highest BCUT2D eigenvalue weighted by molar-refractivity contribution is 7.99. The summed E-state index contributed by atoms with van der Waals surface area (Å²) in [6.07, 6.45) is 0.482. The number of thioether (sulfide) groups is 1. The average molecular weight is 445 g/mol. The van der Waals surface area contributed by atoms with Crippen molar-refractivity contribution in [2.45, 2.75) is 18.5 Å². The van der Waals surface area contributed by atoms with Gasteiger partial charge >= 0.3 is 0 Å². The minimum absolute atomic E-state index is 0.0361. The number of amides is 1. The van der Waals surface area contributed by atoms with E-state index in [0.29, 0.717) is 40.3 Å². The lowest BCUT2D eigenvalue weighted by molar-refractivity contribution is -0.118. The summed E-state index contributed by atoms with van der Waals surface area (Å²) in [5, 5.41) is 12.5. The summed E-state index contributed by atoms with van der Waals surface area (Å²) in [5.74, 6) is 1.37. The molecule has 9 heteroatoms. The van der Waals surface area contributed by atoms with Crippen LogP contribution in [0.4, 0.5) is 0 Å². The van der Waals surface area contributed by atoms with Crippen molar-refractivity contribution in [1.29, 1.82) is 0 Å². The van der Waals surface area contributed by atoms with Crippen molar-refractivity contribution in [2.75, 3.05) is 19.4 Å². The first kappa shape index (κ1) is 21.9. The zero-order valence-electron chi connectivity index (χ0n) is 16.6. The first-order valence-corrected chi connectivity index (χ1v) is 10.6. The number of carbonyl (C=O) groups excluding carboxylic acids is 2. The molecular formula is C21H21ClN4O3S. The van der Waals surface area contributed by atoms with Gasteiger partial charge in [0.2, 0.25) is 5.91 Å². The Morgan fingerprint density at radius 1 is 1.13 bits per heavy atom. The van der Waals surface area contributed by atoms with Crippen LogP contribution < -0.4 is 10.1 Å². The minimum atomic E-state index is -0.110. The van der Waals surface area contributed by atoms with Gasteiger partial charge in [0.05, 0.1) is 18.6 Å². The summed E-state index contributed by atoms with van der Waals surface area (Å²) >= 11 is 7.19. The fourth-order valence-corrected chi connectivity index (χ4v) is 3.80. The number of ketones is 1. The Kier molecular flexibility index (Phi) is 7.48. The molecule has 0 aliphatic heterocycles. The van der Waals surface area contributed by atoms with E-state index in [9.17, 15) is 9.59 Å². The molecule has 1 heterocycles. The van der Waals surface area contributed by atoms with E-state index < -0.39 is 0 Å². The van der Waals surface area contributed by atoms with E-state index >= 15 is 0 Å². The molecule has 0 bridgehead atoms. The number of hydrogen-bond acceptors (Lipinski definition) is 6. The fourth-order valence-electron chi connectivity index (χ4n) is 2.81. The van der Waals surface area contributed by atoms with Gasteiger partial charge in [0.1, 0.15) is 11.6 Å². The maximum Gasteiger partial charge on any atom is 0.216 e. The van der Waals surface area contributed by atoms with Crippen molar-refractivity contribution in [3.05, 3.63) is 64.9 Å². The van der Waals surface area contributed by atoms with Gasteiger partial charge < -0.3 is 10.1 Å². The third-order valence-electron chi connectivity index (χ3n) is 4.25. The molecule has 0 fully saturated rings. The minimum Gasteiger partial charge on any atom is -0.495 e. The molecule has 0 aliphatic carbocycles. The Bertz CT molecular complexity index is 1040. The van der Waals surface area contributed by atoms with Crippen LogP contribution in [0.2, 0.25) is 5.02 Å². The zero-order chi connectivity index (χ0) is 21.5. The maximum atomic E-state index is 12.6. The van der Waals surface area contributed by atoms with E-state index in [1.54, 1.807) is 31.4 Å². The molecule has 0 aliphatic rings. The number of hydrogen-bond donors (Lipinski definition) is 1. The summed E-state index contributed by atoms with van der Waals surface area (Å²) in [5.41, 5.74) is 1.35. The van der Waals surface area contributed by atoms with Crippen molar-refractivity contribution < 1.29 is 14.3 Å². The average Bonchev–Trinajstić information content (AvgIpc) is 3.14. The molecule has 0 atom stereocenters. The number of nitrogens with one attached hydrogen (secondary N) is 1. The predicted octanol–water partition coefficient (Wildman–Crippen LogP) is 3.58. The number of halogens is 1. The monoisotopic (exact) mass is 444 g/mol. The Hall–Kier alpha value is -2.84. The first-order chi connectivity index (χ1) is 14.5. The second-order valence-electron chi connectivity index (χ2n) is 6.36. The van der Waals surface area contributed by atoms with Crippen molar-refractivity contribution in [3.63, 3.8) is 0 Å². The second-order valence-corrected chi connectivity index (χ2v) is 7.74. The van der Waals surface area contributed by atoms with Crippen LogP contribution in [-0.4, -0.2) is 45.9 Å². The highest BCUT2D eigenvalue weighted by atomic mass is 35.5. The van der Waals surface area contributed by atoms with Gasteiger partial charge in [-0.3, -0.25) is 14.2 Å². The van der Waals surface area contributed by atoms with Crippen LogP contribution >= 0.6 is 23.4 Å². The lowest BCUT2D eigenvalue weighted by Gasteiger charge is -2.13. The Morgan fingerprint density at radius 3 is 2.57 bits per heavy atom. The number of aromatic nitrogens is 3. The first-order valence-electron chi connectivity index (χ1n) is 9.23. The smallest absolute Gasteiger partial charge is 0.216 e. The van der Waals surface area contributed by atoms with E-state index in [4.69, 9.17) is 16.3 Å². The van der Waals surface area contributed by atoms with Crippen molar-refractivity contribution in [3.8, 4) is 11.4 Å². The van der Waals surface area contributed by atoms with E-state index in [1.165, 1.54) is 18.7 Å². The largest absolute Gasteiger partial charge is 0.495 e. The molecule has 1 aromatic heterocycles. The summed E-state index contributed by atoms with van der Waals surface area (Å²) in [6.45, 7) is 1.89. The number of ether oxygens (including phenoxy) is 1. The number of Topliss-reactive ketones (excluding diaryl/α,β-unsaturated/α-hetero) is 1. The second kappa shape index (κ2) is 10.3. The number of carbonyl (C=O) groups is 2. The Labute approximate surface area is 183 Å². The molecule has 3 rings (SSSR count). The highest BCUT2D eigenvalue weighted by Crippen LogP contribution is 2.29. The predicted molar refractivity (Wildman–Crippen MR) is 117 cm³/mol. The highest BCUT2D eigenvalue weighted by Gasteiger charge is 2.19. The van der Waals surface area contributed by atoms with Gasteiger partial charge in [-0.1, -0.05) is 35.5 Å². The van der Waals surface area contributed by atoms with Crippen LogP contribution in [0.15, 0.2) is 53.7 Å². The molecule has 3 aromatic rings. The number of benzene rings is 2. The molecule has 1 amide bonds. The topological polar surface area (TPSA) is 86.1 Å². The summed E-state index contributed by atoms with van der Waals surface area (Å²) in [4.78, 5) is 23.8. The molecule has 0 spiro atoms. The van der Waals surface area contributed by atoms with E-state index in [1.807, 2.05) is 28.8 Å². The van der Waals surface area contributed by atoms with Crippen molar-refractivity contribution >= 4 is 35.1 Å². The van der Waals surface area contributed by atoms with Gasteiger partial charge in [-0.15, -0.1) is 10.2 Å². The lowest BCUT2D eigenvalue weighted by atomic mass is 10.1. The molecule has 2 aromatic carbocycles. The molecular weight excluding hydrogens is 424 g/mol. The van der Waals surface area contributed by atoms with Gasteiger partial charge in [0.15, 0.2) is 10.9 Å². The third-order valence-corrected chi connectivity index (χ3v) is 5.43. The van der Waals surface area contributed by atoms with Crippen LogP contribution in [0.3, 0.4) is 0 Å². The van der Waals surface area contributed by atoms with Gasteiger partial charge in [0.25, 0.3) is 0 Å². The normalized spacial score (nSPS) is 10.6. The molecule has 1 N–H and O–H groups in total. The van der Waals surface area contributed by atoms with Gasteiger partial charge in [-0.05, 0) is 36.4 Å². The molecule has 0 radical (unpaired) electrons. The standard InChI is InChI=1S/C21H21ClN4O3S/c1-14(27)23-12-11-20-24-25-21(26(20)17-5-3-4-6-19(17)29-2)30-13-18(28)15-7-9-16(22)10-8-15/h3-10H,11-13H2,1-2H3,(H,23,27). The van der Waals surface area contributed by atoms with Crippen LogP contribution in [0.25, 0.3) is 5.69 Å². The molecule has 156 valence electrons. The molecule has 30 heavy (non-hydrogen) atoms.